The van der Waals surface area contributed by atoms with Gasteiger partial charge in [-0.25, -0.2) is 4.98 Å². The minimum absolute atomic E-state index is 0.388. The zero-order chi connectivity index (χ0) is 14.8. The van der Waals surface area contributed by atoms with Gasteiger partial charge in [-0.3, -0.25) is 0 Å². The fourth-order valence-corrected chi connectivity index (χ4v) is 4.10. The molecular formula is C17H22N2OS. The minimum Gasteiger partial charge on any atom is -0.437 e. The number of hydrogen-bond donors (Lipinski definition) is 1. The lowest BCUT2D eigenvalue weighted by atomic mass is 10.1. The standard InChI is InChI=1S/C17H22N2OS/c1-4-9-18-16-14-8-6-5-7-13(14)10-15(16)21-17-19-11(2)12(3)20-17/h5-8,15-16,18H,4,9-10H2,1-3H3. The number of hydrogen-bond acceptors (Lipinski definition) is 4. The molecule has 1 aliphatic rings. The van der Waals surface area contributed by atoms with Crippen LogP contribution in [0.2, 0.25) is 0 Å². The molecule has 2 atom stereocenters. The van der Waals surface area contributed by atoms with E-state index in [1.807, 2.05) is 13.8 Å². The number of benzene rings is 1. The highest BCUT2D eigenvalue weighted by atomic mass is 32.2. The lowest BCUT2D eigenvalue weighted by molar-refractivity contribution is 0.428. The number of thioether (sulfide) groups is 1. The summed E-state index contributed by atoms with van der Waals surface area (Å²) in [7, 11) is 0. The van der Waals surface area contributed by atoms with Crippen LogP contribution in [-0.2, 0) is 6.42 Å². The number of nitrogens with zero attached hydrogens (tertiary/aromatic N) is 1. The van der Waals surface area contributed by atoms with Gasteiger partial charge in [0.1, 0.15) is 5.76 Å². The first kappa shape index (κ1) is 14.7. The van der Waals surface area contributed by atoms with Crippen LogP contribution >= 0.6 is 11.8 Å². The smallest absolute Gasteiger partial charge is 0.256 e. The van der Waals surface area contributed by atoms with Gasteiger partial charge in [-0.05, 0) is 44.4 Å². The molecule has 0 bridgehead atoms. The largest absolute Gasteiger partial charge is 0.437 e. The lowest BCUT2D eigenvalue weighted by Gasteiger charge is -2.20. The fourth-order valence-electron chi connectivity index (χ4n) is 2.83. The molecule has 0 saturated carbocycles. The topological polar surface area (TPSA) is 38.1 Å². The molecule has 1 aliphatic carbocycles. The summed E-state index contributed by atoms with van der Waals surface area (Å²) in [4.78, 5) is 4.52. The van der Waals surface area contributed by atoms with Crippen molar-refractivity contribution in [2.24, 2.45) is 0 Å². The van der Waals surface area contributed by atoms with Crippen molar-refractivity contribution in [1.82, 2.24) is 10.3 Å². The van der Waals surface area contributed by atoms with Gasteiger partial charge < -0.3 is 9.73 Å². The number of rotatable bonds is 5. The van der Waals surface area contributed by atoms with Crippen LogP contribution in [0.25, 0.3) is 0 Å². The van der Waals surface area contributed by atoms with Crippen molar-refractivity contribution in [2.75, 3.05) is 6.54 Å². The molecule has 3 rings (SSSR count). The number of aromatic nitrogens is 1. The summed E-state index contributed by atoms with van der Waals surface area (Å²) in [5, 5.41) is 4.94. The van der Waals surface area contributed by atoms with Crippen LogP contribution in [0.4, 0.5) is 0 Å². The van der Waals surface area contributed by atoms with E-state index in [1.54, 1.807) is 11.8 Å². The molecule has 0 radical (unpaired) electrons. The summed E-state index contributed by atoms with van der Waals surface area (Å²) >= 11 is 1.76. The maximum absolute atomic E-state index is 5.75. The van der Waals surface area contributed by atoms with Gasteiger partial charge in [0.2, 0.25) is 0 Å². The van der Waals surface area contributed by atoms with E-state index in [0.29, 0.717) is 11.3 Å². The van der Waals surface area contributed by atoms with Gasteiger partial charge in [0, 0.05) is 11.3 Å². The summed E-state index contributed by atoms with van der Waals surface area (Å²) in [6.45, 7) is 7.22. The summed E-state index contributed by atoms with van der Waals surface area (Å²) in [5.74, 6) is 0.922. The van der Waals surface area contributed by atoms with Crippen LogP contribution in [0, 0.1) is 13.8 Å². The number of aryl methyl sites for hydroxylation is 2. The molecular weight excluding hydrogens is 280 g/mol. The van der Waals surface area contributed by atoms with E-state index in [-0.39, 0.29) is 0 Å². The third-order valence-electron chi connectivity index (χ3n) is 4.06. The van der Waals surface area contributed by atoms with Crippen molar-refractivity contribution in [3.63, 3.8) is 0 Å². The number of nitrogens with one attached hydrogen (secondary N) is 1. The SMILES string of the molecule is CCCNC1c2ccccc2CC1Sc1nc(C)c(C)o1. The monoisotopic (exact) mass is 302 g/mol. The van der Waals surface area contributed by atoms with Gasteiger partial charge in [0.05, 0.1) is 5.69 Å². The molecule has 112 valence electrons. The van der Waals surface area contributed by atoms with Crippen LogP contribution in [0.1, 0.15) is 42.0 Å². The van der Waals surface area contributed by atoms with E-state index in [0.717, 1.165) is 36.1 Å². The van der Waals surface area contributed by atoms with E-state index in [2.05, 4.69) is 41.5 Å². The summed E-state index contributed by atoms with van der Waals surface area (Å²) in [6.07, 6.45) is 2.22. The van der Waals surface area contributed by atoms with Gasteiger partial charge in [0.25, 0.3) is 5.22 Å². The van der Waals surface area contributed by atoms with E-state index in [1.165, 1.54) is 11.1 Å². The molecule has 1 heterocycles. The Morgan fingerprint density at radius 1 is 1.33 bits per heavy atom. The van der Waals surface area contributed by atoms with Crippen LogP contribution in [-0.4, -0.2) is 16.8 Å². The van der Waals surface area contributed by atoms with Crippen molar-refractivity contribution in [3.05, 3.63) is 46.8 Å². The molecule has 21 heavy (non-hydrogen) atoms. The molecule has 1 aromatic heterocycles. The van der Waals surface area contributed by atoms with E-state index in [4.69, 9.17) is 4.42 Å². The number of oxazole rings is 1. The molecule has 2 aromatic rings. The van der Waals surface area contributed by atoms with Gasteiger partial charge in [-0.1, -0.05) is 43.0 Å². The normalized spacial score (nSPS) is 20.7. The van der Waals surface area contributed by atoms with E-state index >= 15 is 0 Å². The van der Waals surface area contributed by atoms with Crippen LogP contribution in [0.5, 0.6) is 0 Å². The molecule has 0 amide bonds. The average molecular weight is 302 g/mol. The molecule has 0 fully saturated rings. The van der Waals surface area contributed by atoms with E-state index in [9.17, 15) is 0 Å². The quantitative estimate of drug-likeness (QED) is 0.904. The Morgan fingerprint density at radius 3 is 2.86 bits per heavy atom. The molecule has 0 spiro atoms. The molecule has 4 heteroatoms. The second kappa shape index (κ2) is 6.24. The first-order valence-corrected chi connectivity index (χ1v) is 8.49. The highest BCUT2D eigenvalue weighted by Gasteiger charge is 2.33. The Balaban J connectivity index is 1.81. The highest BCUT2D eigenvalue weighted by molar-refractivity contribution is 7.99. The molecule has 1 N–H and O–H groups in total. The Hall–Kier alpha value is -1.26. The zero-order valence-corrected chi connectivity index (χ0v) is 13.7. The second-order valence-corrected chi connectivity index (χ2v) is 6.80. The first-order valence-electron chi connectivity index (χ1n) is 7.61. The maximum Gasteiger partial charge on any atom is 0.256 e. The predicted octanol–water partition coefficient (Wildman–Crippen LogP) is 4.05. The molecule has 3 nitrogen and oxygen atoms in total. The van der Waals surface area contributed by atoms with Gasteiger partial charge >= 0.3 is 0 Å². The molecule has 2 unspecified atom stereocenters. The predicted molar refractivity (Wildman–Crippen MR) is 86.8 cm³/mol. The Morgan fingerprint density at radius 2 is 2.14 bits per heavy atom. The second-order valence-electron chi connectivity index (χ2n) is 5.61. The third-order valence-corrected chi connectivity index (χ3v) is 5.18. The molecule has 0 saturated heterocycles. The van der Waals surface area contributed by atoms with Gasteiger partial charge in [0.15, 0.2) is 0 Å². The lowest BCUT2D eigenvalue weighted by Crippen LogP contribution is -2.27. The maximum atomic E-state index is 5.75. The van der Waals surface area contributed by atoms with Gasteiger partial charge in [-0.2, -0.15) is 0 Å². The Kier molecular flexibility index (Phi) is 4.36. The Labute approximate surface area is 130 Å². The Bertz CT molecular complexity index is 604. The summed E-state index contributed by atoms with van der Waals surface area (Å²) in [6, 6.07) is 9.13. The molecule has 0 aliphatic heterocycles. The average Bonchev–Trinajstić information content (AvgIpc) is 2.97. The summed E-state index contributed by atoms with van der Waals surface area (Å²) in [5.41, 5.74) is 3.87. The fraction of sp³-hybridized carbons (Fsp3) is 0.471. The van der Waals surface area contributed by atoms with Crippen molar-refractivity contribution in [2.45, 2.75) is 50.1 Å². The van der Waals surface area contributed by atoms with Gasteiger partial charge in [-0.15, -0.1) is 0 Å². The van der Waals surface area contributed by atoms with Crippen molar-refractivity contribution in [3.8, 4) is 0 Å². The number of fused-ring (bicyclic) bond motifs is 1. The van der Waals surface area contributed by atoms with E-state index < -0.39 is 0 Å². The van der Waals surface area contributed by atoms with Crippen molar-refractivity contribution in [1.29, 1.82) is 0 Å². The van der Waals surface area contributed by atoms with Crippen LogP contribution in [0.15, 0.2) is 33.9 Å². The van der Waals surface area contributed by atoms with Crippen molar-refractivity contribution < 1.29 is 4.42 Å². The summed E-state index contributed by atoms with van der Waals surface area (Å²) < 4.78 is 5.75. The first-order chi connectivity index (χ1) is 10.2. The van der Waals surface area contributed by atoms with Crippen molar-refractivity contribution >= 4 is 11.8 Å². The third kappa shape index (κ3) is 3.01. The zero-order valence-electron chi connectivity index (χ0n) is 12.8. The molecule has 1 aromatic carbocycles. The minimum atomic E-state index is 0.388. The highest BCUT2D eigenvalue weighted by Crippen LogP contribution is 2.41. The van der Waals surface area contributed by atoms with Crippen LogP contribution < -0.4 is 5.32 Å². The van der Waals surface area contributed by atoms with Crippen LogP contribution in [0.3, 0.4) is 0 Å².